The Bertz CT molecular complexity index is 749. The molecule has 0 amide bonds. The van der Waals surface area contributed by atoms with Gasteiger partial charge in [0.05, 0.1) is 6.61 Å². The summed E-state index contributed by atoms with van der Waals surface area (Å²) in [5.74, 6) is -2.03. The van der Waals surface area contributed by atoms with Gasteiger partial charge in [0.25, 0.3) is 10.0 Å². The van der Waals surface area contributed by atoms with E-state index in [4.69, 9.17) is 10.8 Å². The van der Waals surface area contributed by atoms with Crippen LogP contribution >= 0.6 is 12.4 Å². The average molecular weight is 353 g/mol. The molecule has 0 aliphatic carbocycles. The van der Waals surface area contributed by atoms with Crippen LogP contribution in [0.4, 0.5) is 8.78 Å². The highest BCUT2D eigenvalue weighted by atomic mass is 35.5. The predicted octanol–water partition coefficient (Wildman–Crippen LogP) is 1.29. The molecule has 0 aliphatic rings. The number of benzene rings is 1. The molecule has 1 aromatic heterocycles. The van der Waals surface area contributed by atoms with E-state index < -0.39 is 32.6 Å². The number of aliphatic hydroxyl groups is 1. The molecule has 2 rings (SSSR count). The van der Waals surface area contributed by atoms with Crippen LogP contribution in [0, 0.1) is 11.6 Å². The molecule has 0 saturated carbocycles. The lowest BCUT2D eigenvalue weighted by atomic mass is 10.2. The lowest BCUT2D eigenvalue weighted by Crippen LogP contribution is -2.29. The third-order valence-corrected chi connectivity index (χ3v) is 4.69. The summed E-state index contributed by atoms with van der Waals surface area (Å²) in [6, 6.07) is 4.60. The molecule has 1 heterocycles. The maximum atomic E-state index is 13.7. The molecule has 0 spiro atoms. The number of nitrogens with two attached hydrogens (primary N) is 1. The van der Waals surface area contributed by atoms with Crippen LogP contribution in [0.5, 0.6) is 0 Å². The summed E-state index contributed by atoms with van der Waals surface area (Å²) in [6.07, 6.45) is 1.35. The second-order valence-corrected chi connectivity index (χ2v) is 6.31. The monoisotopic (exact) mass is 352 g/mol. The number of hydrogen-bond donors (Lipinski definition) is 2. The zero-order valence-electron chi connectivity index (χ0n) is 11.3. The first kappa shape index (κ1) is 18.6. The van der Waals surface area contributed by atoms with Crippen molar-refractivity contribution in [3.8, 4) is 0 Å². The summed E-state index contributed by atoms with van der Waals surface area (Å²) in [5, 5.41) is 8.93. The number of aliphatic hydroxyl groups excluding tert-OH is 1. The van der Waals surface area contributed by atoms with E-state index in [2.05, 4.69) is 0 Å². The van der Waals surface area contributed by atoms with Crippen molar-refractivity contribution in [2.45, 2.75) is 17.4 Å². The van der Waals surface area contributed by atoms with Crippen molar-refractivity contribution >= 4 is 22.4 Å². The Hall–Kier alpha value is -1.48. The molecule has 0 aliphatic heterocycles. The van der Waals surface area contributed by atoms with E-state index >= 15 is 0 Å². The largest absolute Gasteiger partial charge is 0.395 e. The Labute approximate surface area is 132 Å². The van der Waals surface area contributed by atoms with Crippen molar-refractivity contribution in [2.75, 3.05) is 6.61 Å². The zero-order chi connectivity index (χ0) is 15.6. The van der Waals surface area contributed by atoms with Crippen molar-refractivity contribution in [3.05, 3.63) is 53.9 Å². The van der Waals surface area contributed by atoms with Crippen LogP contribution in [0.25, 0.3) is 0 Å². The molecule has 2 aromatic rings. The zero-order valence-corrected chi connectivity index (χ0v) is 12.9. The molecule has 3 N–H and O–H groups in total. The fourth-order valence-corrected chi connectivity index (χ4v) is 3.35. The van der Waals surface area contributed by atoms with Crippen molar-refractivity contribution < 1.29 is 22.3 Å². The number of hydrogen-bond acceptors (Lipinski definition) is 4. The second kappa shape index (κ2) is 7.19. The van der Waals surface area contributed by atoms with Gasteiger partial charge in [0.1, 0.15) is 16.5 Å². The fourth-order valence-electron chi connectivity index (χ4n) is 1.92. The van der Waals surface area contributed by atoms with Crippen LogP contribution in [0.15, 0.2) is 41.4 Å². The predicted molar refractivity (Wildman–Crippen MR) is 79.4 cm³/mol. The van der Waals surface area contributed by atoms with E-state index in [1.165, 1.54) is 18.3 Å². The summed E-state index contributed by atoms with van der Waals surface area (Å²) in [4.78, 5) is -0.626. The normalized spacial score (nSPS) is 12.7. The summed E-state index contributed by atoms with van der Waals surface area (Å²) in [6.45, 7) is -0.309. The molecule has 0 saturated heterocycles. The van der Waals surface area contributed by atoms with Gasteiger partial charge in [-0.25, -0.2) is 21.2 Å². The van der Waals surface area contributed by atoms with Gasteiger partial charge in [0, 0.05) is 30.4 Å². The Kier molecular flexibility index (Phi) is 6.07. The number of aromatic nitrogens is 1. The van der Waals surface area contributed by atoms with E-state index in [0.29, 0.717) is 11.8 Å². The summed E-state index contributed by atoms with van der Waals surface area (Å²) < 4.78 is 52.3. The lowest BCUT2D eigenvalue weighted by Gasteiger charge is -2.13. The van der Waals surface area contributed by atoms with Gasteiger partial charge >= 0.3 is 0 Å². The molecule has 0 fully saturated rings. The maximum Gasteiger partial charge on any atom is 0.270 e. The van der Waals surface area contributed by atoms with Crippen molar-refractivity contribution in [3.63, 3.8) is 0 Å². The molecule has 22 heavy (non-hydrogen) atoms. The quantitative estimate of drug-likeness (QED) is 0.849. The highest BCUT2D eigenvalue weighted by Gasteiger charge is 2.24. The van der Waals surface area contributed by atoms with Gasteiger partial charge in [-0.2, -0.15) is 0 Å². The van der Waals surface area contributed by atoms with Gasteiger partial charge in [-0.15, -0.1) is 12.4 Å². The van der Waals surface area contributed by atoms with E-state index in [1.54, 1.807) is 0 Å². The van der Waals surface area contributed by atoms with Crippen molar-refractivity contribution in [1.29, 1.82) is 0 Å². The van der Waals surface area contributed by atoms with Crippen LogP contribution < -0.4 is 5.73 Å². The van der Waals surface area contributed by atoms with Crippen LogP contribution in [-0.4, -0.2) is 30.1 Å². The average Bonchev–Trinajstić information content (AvgIpc) is 2.86. The molecule has 1 atom stereocenters. The molecule has 0 radical (unpaired) electrons. The molecule has 9 heteroatoms. The van der Waals surface area contributed by atoms with Crippen molar-refractivity contribution in [1.82, 2.24) is 3.97 Å². The summed E-state index contributed by atoms with van der Waals surface area (Å²) in [7, 11) is -4.19. The molecular weight excluding hydrogens is 338 g/mol. The highest BCUT2D eigenvalue weighted by Crippen LogP contribution is 2.21. The maximum absolute atomic E-state index is 13.7. The Morgan fingerprint density at radius 2 is 1.95 bits per heavy atom. The standard InChI is InChI=1S/C13H14F2N2O3S.ClH/c14-9-3-4-13(12(15)6-9)21(19,20)17-5-1-2-11(17)7-10(16)8-18;/h1-6,10,18H,7-8,16H2;1H. The topological polar surface area (TPSA) is 85.3 Å². The summed E-state index contributed by atoms with van der Waals surface area (Å²) in [5.41, 5.74) is 5.89. The smallest absolute Gasteiger partial charge is 0.270 e. The second-order valence-electron chi connectivity index (χ2n) is 4.52. The first-order valence-corrected chi connectivity index (χ1v) is 7.53. The van der Waals surface area contributed by atoms with Gasteiger partial charge in [-0.05, 0) is 24.3 Å². The number of rotatable bonds is 5. The Morgan fingerprint density at radius 3 is 2.55 bits per heavy atom. The Morgan fingerprint density at radius 1 is 1.27 bits per heavy atom. The first-order valence-electron chi connectivity index (χ1n) is 6.09. The van der Waals surface area contributed by atoms with Gasteiger partial charge < -0.3 is 10.8 Å². The number of halogens is 3. The molecule has 5 nitrogen and oxygen atoms in total. The fraction of sp³-hybridized carbons (Fsp3) is 0.231. The van der Waals surface area contributed by atoms with Gasteiger partial charge in [-0.1, -0.05) is 0 Å². The van der Waals surface area contributed by atoms with E-state index in [0.717, 1.165) is 16.1 Å². The highest BCUT2D eigenvalue weighted by molar-refractivity contribution is 7.90. The summed E-state index contributed by atoms with van der Waals surface area (Å²) >= 11 is 0. The minimum atomic E-state index is -4.19. The third-order valence-electron chi connectivity index (χ3n) is 2.93. The molecule has 122 valence electrons. The molecular formula is C13H15ClF2N2O3S. The van der Waals surface area contributed by atoms with Gasteiger partial charge in [0.2, 0.25) is 0 Å². The molecule has 1 aromatic carbocycles. The minimum Gasteiger partial charge on any atom is -0.395 e. The van der Waals surface area contributed by atoms with Crippen molar-refractivity contribution in [2.24, 2.45) is 5.73 Å². The van der Waals surface area contributed by atoms with Crippen LogP contribution in [-0.2, 0) is 16.4 Å². The first-order chi connectivity index (χ1) is 9.86. The number of nitrogens with zero attached hydrogens (tertiary/aromatic N) is 1. The third kappa shape index (κ3) is 3.64. The van der Waals surface area contributed by atoms with E-state index in [1.807, 2.05) is 0 Å². The Balaban J connectivity index is 0.00000242. The van der Waals surface area contributed by atoms with Gasteiger partial charge in [-0.3, -0.25) is 0 Å². The van der Waals surface area contributed by atoms with Crippen LogP contribution in [0.1, 0.15) is 5.69 Å². The van der Waals surface area contributed by atoms with Crippen LogP contribution in [0.2, 0.25) is 0 Å². The van der Waals surface area contributed by atoms with Gasteiger partial charge in [0.15, 0.2) is 0 Å². The van der Waals surface area contributed by atoms with E-state index in [9.17, 15) is 17.2 Å². The lowest BCUT2D eigenvalue weighted by molar-refractivity contribution is 0.264. The van der Waals surface area contributed by atoms with E-state index in [-0.39, 0.29) is 25.4 Å². The van der Waals surface area contributed by atoms with Crippen LogP contribution in [0.3, 0.4) is 0 Å². The minimum absolute atomic E-state index is 0. The SMILES string of the molecule is Cl.NC(CO)Cc1cccn1S(=O)(=O)c1ccc(F)cc1F. The molecule has 1 unspecified atom stereocenters. The molecule has 0 bridgehead atoms.